The highest BCUT2D eigenvalue weighted by Crippen LogP contribution is 2.15. The average Bonchev–Trinajstić information content (AvgIpc) is 2.01. The van der Waals surface area contributed by atoms with Gasteiger partial charge in [0.15, 0.2) is 5.78 Å². The summed E-state index contributed by atoms with van der Waals surface area (Å²) in [6.07, 6.45) is 0.327. The second-order valence-electron chi connectivity index (χ2n) is 4.10. The average molecular weight is 212 g/mol. The molecule has 0 atom stereocenters. The van der Waals surface area contributed by atoms with Gasteiger partial charge in [-0.1, -0.05) is 23.7 Å². The Hall–Kier alpha value is -0.860. The first-order chi connectivity index (χ1) is 6.38. The molecule has 0 unspecified atom stereocenters. The predicted octanol–water partition coefficient (Wildman–Crippen LogP) is 2.65. The van der Waals surface area contributed by atoms with E-state index in [2.05, 4.69) is 0 Å². The van der Waals surface area contributed by atoms with Crippen LogP contribution in [0.5, 0.6) is 0 Å². The topological polar surface area (TPSA) is 43.1 Å². The molecule has 0 radical (unpaired) electrons. The van der Waals surface area contributed by atoms with Crippen LogP contribution in [0.25, 0.3) is 0 Å². The van der Waals surface area contributed by atoms with Gasteiger partial charge >= 0.3 is 0 Å². The van der Waals surface area contributed by atoms with Crippen LogP contribution in [0.2, 0.25) is 5.02 Å². The fraction of sp³-hybridized carbons (Fsp3) is 0.364. The van der Waals surface area contributed by atoms with Crippen LogP contribution in [-0.2, 0) is 0 Å². The van der Waals surface area contributed by atoms with Gasteiger partial charge in [-0.25, -0.2) is 0 Å². The summed E-state index contributed by atoms with van der Waals surface area (Å²) in [7, 11) is 0. The maximum absolute atomic E-state index is 11.7. The molecule has 0 aliphatic carbocycles. The van der Waals surface area contributed by atoms with Gasteiger partial charge in [0, 0.05) is 22.5 Å². The Labute approximate surface area is 89.1 Å². The number of hydrogen-bond donors (Lipinski definition) is 1. The van der Waals surface area contributed by atoms with Gasteiger partial charge in [0.1, 0.15) is 0 Å². The number of carbonyl (C=O) groups is 1. The molecule has 0 aliphatic heterocycles. The molecule has 1 aromatic rings. The molecule has 1 aromatic carbocycles. The molecule has 0 spiro atoms. The Morgan fingerprint density at radius 2 is 2.14 bits per heavy atom. The molecule has 0 aliphatic rings. The maximum atomic E-state index is 11.7. The molecule has 1 rings (SSSR count). The Balaban J connectivity index is 2.80. The highest BCUT2D eigenvalue weighted by Gasteiger charge is 2.17. The SMILES string of the molecule is CC(C)(N)CC(=O)c1cccc(Cl)c1. The van der Waals surface area contributed by atoms with Crippen molar-refractivity contribution in [2.24, 2.45) is 5.73 Å². The molecule has 2 N–H and O–H groups in total. The molecule has 2 nitrogen and oxygen atoms in total. The molecule has 0 saturated heterocycles. The van der Waals surface area contributed by atoms with E-state index in [4.69, 9.17) is 17.3 Å². The third-order valence-corrected chi connectivity index (χ3v) is 2.00. The zero-order valence-corrected chi connectivity index (χ0v) is 9.14. The van der Waals surface area contributed by atoms with Crippen LogP contribution in [0.15, 0.2) is 24.3 Å². The first-order valence-corrected chi connectivity index (χ1v) is 4.84. The molecule has 76 valence electrons. The van der Waals surface area contributed by atoms with Gasteiger partial charge in [-0.15, -0.1) is 0 Å². The van der Waals surface area contributed by atoms with Crippen molar-refractivity contribution in [2.45, 2.75) is 25.8 Å². The number of nitrogens with two attached hydrogens (primary N) is 1. The van der Waals surface area contributed by atoms with Gasteiger partial charge in [0.05, 0.1) is 0 Å². The molecule has 0 bridgehead atoms. The highest BCUT2D eigenvalue weighted by molar-refractivity contribution is 6.31. The van der Waals surface area contributed by atoms with Crippen molar-refractivity contribution in [3.8, 4) is 0 Å². The number of rotatable bonds is 3. The van der Waals surface area contributed by atoms with Crippen molar-refractivity contribution >= 4 is 17.4 Å². The molecule has 0 fully saturated rings. The lowest BCUT2D eigenvalue weighted by Gasteiger charge is -2.16. The van der Waals surface area contributed by atoms with Crippen molar-refractivity contribution in [3.05, 3.63) is 34.9 Å². The van der Waals surface area contributed by atoms with E-state index in [1.54, 1.807) is 24.3 Å². The van der Waals surface area contributed by atoms with Crippen LogP contribution in [0.3, 0.4) is 0 Å². The van der Waals surface area contributed by atoms with Crippen LogP contribution in [0, 0.1) is 0 Å². The van der Waals surface area contributed by atoms with Crippen molar-refractivity contribution in [2.75, 3.05) is 0 Å². The van der Waals surface area contributed by atoms with Crippen LogP contribution in [0.4, 0.5) is 0 Å². The van der Waals surface area contributed by atoms with Gasteiger partial charge in [0.2, 0.25) is 0 Å². The molecule has 3 heteroatoms. The monoisotopic (exact) mass is 211 g/mol. The summed E-state index contributed by atoms with van der Waals surface area (Å²) >= 11 is 5.78. The van der Waals surface area contributed by atoms with E-state index in [1.807, 2.05) is 13.8 Å². The Morgan fingerprint density at radius 1 is 1.50 bits per heavy atom. The lowest BCUT2D eigenvalue weighted by molar-refractivity contribution is 0.0960. The van der Waals surface area contributed by atoms with Crippen LogP contribution in [0.1, 0.15) is 30.6 Å². The number of ketones is 1. The summed E-state index contributed by atoms with van der Waals surface area (Å²) in [4.78, 5) is 11.7. The van der Waals surface area contributed by atoms with Crippen LogP contribution < -0.4 is 5.73 Å². The lowest BCUT2D eigenvalue weighted by Crippen LogP contribution is -2.34. The molecule has 14 heavy (non-hydrogen) atoms. The smallest absolute Gasteiger partial charge is 0.164 e. The summed E-state index contributed by atoms with van der Waals surface area (Å²) in [5.41, 5.74) is 5.91. The second-order valence-corrected chi connectivity index (χ2v) is 4.54. The number of Topliss-reactive ketones (excluding diaryl/α,β-unsaturated/α-hetero) is 1. The van der Waals surface area contributed by atoms with Crippen molar-refractivity contribution in [1.29, 1.82) is 0 Å². The van der Waals surface area contributed by atoms with Crippen molar-refractivity contribution in [1.82, 2.24) is 0 Å². The van der Waals surface area contributed by atoms with E-state index in [9.17, 15) is 4.79 Å². The Bertz CT molecular complexity index is 341. The van der Waals surface area contributed by atoms with Crippen LogP contribution in [-0.4, -0.2) is 11.3 Å². The standard InChI is InChI=1S/C11H14ClNO/c1-11(2,13)7-10(14)8-4-3-5-9(12)6-8/h3-6H,7,13H2,1-2H3. The highest BCUT2D eigenvalue weighted by atomic mass is 35.5. The number of halogens is 1. The van der Waals surface area contributed by atoms with Gasteiger partial charge in [-0.05, 0) is 26.0 Å². The molecular formula is C11H14ClNO. The first-order valence-electron chi connectivity index (χ1n) is 4.46. The third-order valence-electron chi connectivity index (χ3n) is 1.76. The Kier molecular flexibility index (Phi) is 3.29. The lowest BCUT2D eigenvalue weighted by atomic mass is 9.95. The maximum Gasteiger partial charge on any atom is 0.164 e. The minimum Gasteiger partial charge on any atom is -0.325 e. The van der Waals surface area contributed by atoms with Gasteiger partial charge < -0.3 is 5.73 Å². The summed E-state index contributed by atoms with van der Waals surface area (Å²) < 4.78 is 0. The predicted molar refractivity (Wildman–Crippen MR) is 58.7 cm³/mol. The molecule has 0 heterocycles. The molecular weight excluding hydrogens is 198 g/mol. The van der Waals surface area contributed by atoms with E-state index in [0.717, 1.165) is 0 Å². The quantitative estimate of drug-likeness (QED) is 0.782. The zero-order valence-electron chi connectivity index (χ0n) is 8.38. The number of carbonyl (C=O) groups excluding carboxylic acids is 1. The minimum absolute atomic E-state index is 0.0278. The molecule has 0 aromatic heterocycles. The number of benzene rings is 1. The number of hydrogen-bond acceptors (Lipinski definition) is 2. The Morgan fingerprint density at radius 3 is 2.64 bits per heavy atom. The largest absolute Gasteiger partial charge is 0.325 e. The van der Waals surface area contributed by atoms with E-state index in [1.165, 1.54) is 0 Å². The second kappa shape index (κ2) is 4.11. The van der Waals surface area contributed by atoms with E-state index in [0.29, 0.717) is 17.0 Å². The minimum atomic E-state index is -0.473. The fourth-order valence-electron chi connectivity index (χ4n) is 1.18. The normalized spacial score (nSPS) is 11.4. The third kappa shape index (κ3) is 3.48. The van der Waals surface area contributed by atoms with E-state index in [-0.39, 0.29) is 5.78 Å². The summed E-state index contributed by atoms with van der Waals surface area (Å²) in [5, 5.41) is 0.575. The van der Waals surface area contributed by atoms with Crippen molar-refractivity contribution in [3.63, 3.8) is 0 Å². The fourth-order valence-corrected chi connectivity index (χ4v) is 1.37. The zero-order chi connectivity index (χ0) is 10.8. The molecule has 0 saturated carbocycles. The van der Waals surface area contributed by atoms with Gasteiger partial charge in [0.25, 0.3) is 0 Å². The van der Waals surface area contributed by atoms with E-state index >= 15 is 0 Å². The van der Waals surface area contributed by atoms with Gasteiger partial charge in [-0.3, -0.25) is 4.79 Å². The van der Waals surface area contributed by atoms with Crippen molar-refractivity contribution < 1.29 is 4.79 Å². The van der Waals surface area contributed by atoms with E-state index < -0.39 is 5.54 Å². The molecule has 0 amide bonds. The van der Waals surface area contributed by atoms with Gasteiger partial charge in [-0.2, -0.15) is 0 Å². The summed E-state index contributed by atoms with van der Waals surface area (Å²) in [6.45, 7) is 3.66. The summed E-state index contributed by atoms with van der Waals surface area (Å²) in [5.74, 6) is 0.0278. The summed E-state index contributed by atoms with van der Waals surface area (Å²) in [6, 6.07) is 6.92. The van der Waals surface area contributed by atoms with Crippen LogP contribution >= 0.6 is 11.6 Å². The first kappa shape index (κ1) is 11.2.